The second-order valence-electron chi connectivity index (χ2n) is 4.70. The van der Waals surface area contributed by atoms with E-state index in [1.807, 2.05) is 6.92 Å². The Morgan fingerprint density at radius 1 is 1.25 bits per heavy atom. The molecule has 0 atom stereocenters. The SMILES string of the molecule is CCN(CC(=O)N(C)C)C(=O)C(C)(C)CN. The topological polar surface area (TPSA) is 66.6 Å². The molecule has 0 saturated carbocycles. The van der Waals surface area contributed by atoms with Crippen LogP contribution in [-0.2, 0) is 9.59 Å². The molecular formula is C11H23N3O2. The summed E-state index contributed by atoms with van der Waals surface area (Å²) in [6, 6.07) is 0. The second kappa shape index (κ2) is 5.84. The Labute approximate surface area is 97.6 Å². The maximum atomic E-state index is 12.1. The van der Waals surface area contributed by atoms with Crippen molar-refractivity contribution in [1.29, 1.82) is 0 Å². The zero-order valence-electron chi connectivity index (χ0n) is 10.9. The molecule has 0 bridgehead atoms. The maximum Gasteiger partial charge on any atom is 0.241 e. The van der Waals surface area contributed by atoms with Crippen molar-refractivity contribution in [2.75, 3.05) is 33.7 Å². The van der Waals surface area contributed by atoms with Gasteiger partial charge in [0.25, 0.3) is 0 Å². The molecule has 0 heterocycles. The first-order valence-electron chi connectivity index (χ1n) is 5.45. The molecule has 0 aliphatic heterocycles. The van der Waals surface area contributed by atoms with Gasteiger partial charge in [0.05, 0.1) is 12.0 Å². The zero-order valence-corrected chi connectivity index (χ0v) is 10.9. The van der Waals surface area contributed by atoms with E-state index in [0.29, 0.717) is 6.54 Å². The van der Waals surface area contributed by atoms with Gasteiger partial charge in [0.2, 0.25) is 11.8 Å². The Morgan fingerprint density at radius 3 is 2.06 bits per heavy atom. The highest BCUT2D eigenvalue weighted by molar-refractivity contribution is 5.87. The standard InChI is InChI=1S/C11H23N3O2/c1-6-14(7-9(15)13(4)5)10(16)11(2,3)8-12/h6-8,12H2,1-5H3. The number of nitrogens with zero attached hydrogens (tertiary/aromatic N) is 2. The summed E-state index contributed by atoms with van der Waals surface area (Å²) >= 11 is 0. The van der Waals surface area contributed by atoms with Crippen molar-refractivity contribution < 1.29 is 9.59 Å². The average Bonchev–Trinajstić information content (AvgIpc) is 2.24. The third-order valence-corrected chi connectivity index (χ3v) is 2.58. The fraction of sp³-hybridized carbons (Fsp3) is 0.818. The normalized spacial score (nSPS) is 11.1. The summed E-state index contributed by atoms with van der Waals surface area (Å²) in [5.74, 6) is -0.157. The number of likely N-dealkylation sites (N-methyl/N-ethyl adjacent to an activating group) is 2. The molecular weight excluding hydrogens is 206 g/mol. The Balaban J connectivity index is 4.63. The molecule has 0 fully saturated rings. The number of amides is 2. The number of hydrogen-bond acceptors (Lipinski definition) is 3. The van der Waals surface area contributed by atoms with E-state index in [2.05, 4.69) is 0 Å². The molecule has 0 unspecified atom stereocenters. The van der Waals surface area contributed by atoms with Gasteiger partial charge < -0.3 is 15.5 Å². The average molecular weight is 229 g/mol. The van der Waals surface area contributed by atoms with Crippen LogP contribution in [-0.4, -0.2) is 55.3 Å². The number of rotatable bonds is 5. The van der Waals surface area contributed by atoms with Crippen LogP contribution in [0.1, 0.15) is 20.8 Å². The van der Waals surface area contributed by atoms with Gasteiger partial charge in [-0.15, -0.1) is 0 Å². The minimum absolute atomic E-state index is 0.0762. The largest absolute Gasteiger partial charge is 0.347 e. The first-order chi connectivity index (χ1) is 7.26. The fourth-order valence-electron chi connectivity index (χ4n) is 1.15. The molecule has 0 aliphatic carbocycles. The summed E-state index contributed by atoms with van der Waals surface area (Å²) in [5.41, 5.74) is 4.94. The molecule has 2 N–H and O–H groups in total. The van der Waals surface area contributed by atoms with E-state index in [0.717, 1.165) is 0 Å². The van der Waals surface area contributed by atoms with Gasteiger partial charge in [-0.2, -0.15) is 0 Å². The predicted molar refractivity (Wildman–Crippen MR) is 63.8 cm³/mol. The van der Waals surface area contributed by atoms with E-state index in [1.54, 1.807) is 27.9 Å². The highest BCUT2D eigenvalue weighted by atomic mass is 16.2. The molecule has 0 spiro atoms. The zero-order chi connectivity index (χ0) is 12.9. The molecule has 2 amide bonds. The Kier molecular flexibility index (Phi) is 5.44. The molecule has 16 heavy (non-hydrogen) atoms. The summed E-state index contributed by atoms with van der Waals surface area (Å²) in [5, 5.41) is 0. The van der Waals surface area contributed by atoms with E-state index in [-0.39, 0.29) is 24.9 Å². The maximum absolute atomic E-state index is 12.1. The second-order valence-corrected chi connectivity index (χ2v) is 4.70. The molecule has 0 aromatic heterocycles. The van der Waals surface area contributed by atoms with Crippen molar-refractivity contribution in [3.05, 3.63) is 0 Å². The molecule has 5 heteroatoms. The van der Waals surface area contributed by atoms with Crippen LogP contribution in [0.5, 0.6) is 0 Å². The Hall–Kier alpha value is -1.10. The fourth-order valence-corrected chi connectivity index (χ4v) is 1.15. The summed E-state index contributed by atoms with van der Waals surface area (Å²) in [7, 11) is 3.35. The molecule has 0 radical (unpaired) electrons. The van der Waals surface area contributed by atoms with Crippen LogP contribution in [0.2, 0.25) is 0 Å². The molecule has 0 saturated heterocycles. The first-order valence-corrected chi connectivity index (χ1v) is 5.45. The van der Waals surface area contributed by atoms with Gasteiger partial charge in [0.15, 0.2) is 0 Å². The van der Waals surface area contributed by atoms with Crippen molar-refractivity contribution >= 4 is 11.8 Å². The van der Waals surface area contributed by atoms with Crippen molar-refractivity contribution in [3.8, 4) is 0 Å². The highest BCUT2D eigenvalue weighted by Gasteiger charge is 2.31. The van der Waals surface area contributed by atoms with Gasteiger partial charge in [-0.25, -0.2) is 0 Å². The molecule has 0 aliphatic rings. The lowest BCUT2D eigenvalue weighted by atomic mass is 9.92. The van der Waals surface area contributed by atoms with Gasteiger partial charge in [-0.3, -0.25) is 9.59 Å². The Bertz CT molecular complexity index is 262. The highest BCUT2D eigenvalue weighted by Crippen LogP contribution is 2.16. The summed E-state index contributed by atoms with van der Waals surface area (Å²) in [6.45, 7) is 6.34. The van der Waals surface area contributed by atoms with Crippen molar-refractivity contribution in [1.82, 2.24) is 9.80 Å². The minimum atomic E-state index is -0.609. The third-order valence-electron chi connectivity index (χ3n) is 2.58. The predicted octanol–water partition coefficient (Wildman–Crippen LogP) is -0.0920. The van der Waals surface area contributed by atoms with Gasteiger partial charge in [0.1, 0.15) is 0 Å². The van der Waals surface area contributed by atoms with Crippen molar-refractivity contribution in [2.45, 2.75) is 20.8 Å². The van der Waals surface area contributed by atoms with Crippen molar-refractivity contribution in [3.63, 3.8) is 0 Å². The van der Waals surface area contributed by atoms with E-state index in [4.69, 9.17) is 5.73 Å². The van der Waals surface area contributed by atoms with Crippen LogP contribution in [0.25, 0.3) is 0 Å². The van der Waals surface area contributed by atoms with E-state index < -0.39 is 5.41 Å². The Morgan fingerprint density at radius 2 is 1.75 bits per heavy atom. The molecule has 0 rings (SSSR count). The monoisotopic (exact) mass is 229 g/mol. The summed E-state index contributed by atoms with van der Waals surface area (Å²) < 4.78 is 0. The quantitative estimate of drug-likeness (QED) is 0.716. The lowest BCUT2D eigenvalue weighted by Gasteiger charge is -2.30. The minimum Gasteiger partial charge on any atom is -0.347 e. The third kappa shape index (κ3) is 3.81. The smallest absolute Gasteiger partial charge is 0.241 e. The number of nitrogens with two attached hydrogens (primary N) is 1. The lowest BCUT2D eigenvalue weighted by Crippen LogP contribution is -2.48. The first kappa shape index (κ1) is 14.9. The van der Waals surface area contributed by atoms with Crippen LogP contribution in [0.3, 0.4) is 0 Å². The van der Waals surface area contributed by atoms with Gasteiger partial charge >= 0.3 is 0 Å². The van der Waals surface area contributed by atoms with Gasteiger partial charge in [0, 0.05) is 27.2 Å². The van der Waals surface area contributed by atoms with Crippen LogP contribution < -0.4 is 5.73 Å². The van der Waals surface area contributed by atoms with Crippen LogP contribution >= 0.6 is 0 Å². The van der Waals surface area contributed by atoms with Gasteiger partial charge in [-0.1, -0.05) is 0 Å². The number of hydrogen-bond donors (Lipinski definition) is 1. The van der Waals surface area contributed by atoms with Crippen LogP contribution in [0.4, 0.5) is 0 Å². The van der Waals surface area contributed by atoms with Gasteiger partial charge in [-0.05, 0) is 20.8 Å². The molecule has 5 nitrogen and oxygen atoms in total. The summed E-state index contributed by atoms with van der Waals surface area (Å²) in [6.07, 6.45) is 0. The lowest BCUT2D eigenvalue weighted by molar-refractivity contribution is -0.144. The van der Waals surface area contributed by atoms with Crippen molar-refractivity contribution in [2.24, 2.45) is 11.1 Å². The molecule has 94 valence electrons. The molecule has 0 aromatic rings. The van der Waals surface area contributed by atoms with Crippen LogP contribution in [0.15, 0.2) is 0 Å². The van der Waals surface area contributed by atoms with Crippen LogP contribution in [0, 0.1) is 5.41 Å². The number of carbonyl (C=O) groups excluding carboxylic acids is 2. The summed E-state index contributed by atoms with van der Waals surface area (Å²) in [4.78, 5) is 26.6. The van der Waals surface area contributed by atoms with E-state index in [1.165, 1.54) is 9.80 Å². The molecule has 0 aromatic carbocycles. The van der Waals surface area contributed by atoms with E-state index >= 15 is 0 Å². The van der Waals surface area contributed by atoms with E-state index in [9.17, 15) is 9.59 Å². The number of carbonyl (C=O) groups is 2.